The van der Waals surface area contributed by atoms with Crippen molar-refractivity contribution in [2.75, 3.05) is 13.2 Å². The van der Waals surface area contributed by atoms with Gasteiger partial charge < -0.3 is 24.4 Å². The van der Waals surface area contributed by atoms with Crippen LogP contribution >= 0.6 is 0 Å². The van der Waals surface area contributed by atoms with Crippen LogP contribution in [0.4, 0.5) is 0 Å². The summed E-state index contributed by atoms with van der Waals surface area (Å²) in [5.74, 6) is -4.05. The Bertz CT molecular complexity index is 1060. The summed E-state index contributed by atoms with van der Waals surface area (Å²) in [4.78, 5) is 58.6. The Labute approximate surface area is 221 Å². The first-order valence-electron chi connectivity index (χ1n) is 12.9. The number of aliphatic carboxylic acids is 2. The van der Waals surface area contributed by atoms with Gasteiger partial charge in [-0.1, -0.05) is 38.2 Å². The van der Waals surface area contributed by atoms with Gasteiger partial charge in [-0.3, -0.25) is 19.2 Å². The van der Waals surface area contributed by atoms with Crippen LogP contribution in [0.5, 0.6) is 0 Å². The monoisotopic (exact) mass is 532 g/mol. The molecular weight excluding hydrogens is 496 g/mol. The van der Waals surface area contributed by atoms with Crippen LogP contribution in [-0.4, -0.2) is 59.4 Å². The summed E-state index contributed by atoms with van der Waals surface area (Å²) in [6, 6.07) is 0. The van der Waals surface area contributed by atoms with Crippen molar-refractivity contribution in [1.29, 1.82) is 0 Å². The molecule has 0 spiro atoms. The number of esters is 3. The van der Waals surface area contributed by atoms with Crippen molar-refractivity contribution in [3.05, 3.63) is 36.0 Å². The standard InChI is InChI=1S/C28H36O10/c1-17-4-7-20-27(2,19(17)6-5-18-13-15-36-26(18)35)14-12-21(38-25(34)11-9-23(31)32)28(20,3)16-37-24(33)10-8-22(29)30/h5-6,13,19-21H,1,4,7-12,14-16H2,2-3H3,(H,29,30)(H,31,32)/t19-,20+,21-,27+,28+/m1/s1. The van der Waals surface area contributed by atoms with Crippen molar-refractivity contribution in [3.8, 4) is 0 Å². The minimum atomic E-state index is -1.11. The first-order valence-corrected chi connectivity index (χ1v) is 12.9. The maximum atomic E-state index is 12.5. The molecule has 10 nitrogen and oxygen atoms in total. The molecule has 2 N–H and O–H groups in total. The molecule has 0 unspecified atom stereocenters. The predicted molar refractivity (Wildman–Crippen MR) is 134 cm³/mol. The highest BCUT2D eigenvalue weighted by molar-refractivity contribution is 5.93. The third kappa shape index (κ3) is 6.52. The number of fused-ring (bicyclic) bond motifs is 1. The van der Waals surface area contributed by atoms with E-state index >= 15 is 0 Å². The van der Waals surface area contributed by atoms with Crippen molar-refractivity contribution in [2.24, 2.45) is 22.7 Å². The molecule has 10 heteroatoms. The number of cyclic esters (lactones) is 1. The highest BCUT2D eigenvalue weighted by Crippen LogP contribution is 2.62. The van der Waals surface area contributed by atoms with Gasteiger partial charge in [0.05, 0.1) is 31.3 Å². The van der Waals surface area contributed by atoms with E-state index in [0.717, 1.165) is 5.57 Å². The predicted octanol–water partition coefficient (Wildman–Crippen LogP) is 3.60. The molecule has 0 aromatic heterocycles. The Morgan fingerprint density at radius 3 is 2.34 bits per heavy atom. The van der Waals surface area contributed by atoms with Crippen molar-refractivity contribution in [1.82, 2.24) is 0 Å². The van der Waals surface area contributed by atoms with Crippen molar-refractivity contribution in [2.45, 2.75) is 71.3 Å². The molecule has 1 heterocycles. The Hall–Kier alpha value is -3.43. The molecule has 2 saturated carbocycles. The van der Waals surface area contributed by atoms with E-state index in [1.165, 1.54) is 0 Å². The fraction of sp³-hybridized carbons (Fsp3) is 0.607. The quantitative estimate of drug-likeness (QED) is 0.229. The van der Waals surface area contributed by atoms with Crippen molar-refractivity contribution >= 4 is 29.8 Å². The first-order chi connectivity index (χ1) is 17.9. The second-order valence-electron chi connectivity index (χ2n) is 10.8. The first kappa shape index (κ1) is 29.1. The SMILES string of the molecule is C=C1CC[C@@H]2[C@](C)(COC(=O)CCC(=O)O)[C@H](OC(=O)CCC(=O)O)CC[C@@]2(C)[C@@H]1C=CC1=CCOC1=O. The molecule has 0 amide bonds. The lowest BCUT2D eigenvalue weighted by Crippen LogP contribution is -2.58. The number of hydrogen-bond donors (Lipinski definition) is 2. The van der Waals surface area contributed by atoms with Crippen LogP contribution in [-0.2, 0) is 38.2 Å². The summed E-state index contributed by atoms with van der Waals surface area (Å²) < 4.78 is 16.4. The minimum Gasteiger partial charge on any atom is -0.481 e. The van der Waals surface area contributed by atoms with E-state index < -0.39 is 35.4 Å². The summed E-state index contributed by atoms with van der Waals surface area (Å²) in [5, 5.41) is 17.8. The maximum absolute atomic E-state index is 12.5. The molecule has 0 aromatic rings. The van der Waals surface area contributed by atoms with Gasteiger partial charge in [-0.25, -0.2) is 4.79 Å². The normalized spacial score (nSPS) is 30.8. The molecule has 1 aliphatic heterocycles. The Kier molecular flexibility index (Phi) is 9.17. The van der Waals surface area contributed by atoms with E-state index in [9.17, 15) is 24.0 Å². The van der Waals surface area contributed by atoms with E-state index in [-0.39, 0.29) is 62.1 Å². The number of hydrogen-bond acceptors (Lipinski definition) is 8. The van der Waals surface area contributed by atoms with Crippen LogP contribution in [0, 0.1) is 22.7 Å². The lowest BCUT2D eigenvalue weighted by molar-refractivity contribution is -0.192. The largest absolute Gasteiger partial charge is 0.481 e. The van der Waals surface area contributed by atoms with Crippen LogP contribution in [0.3, 0.4) is 0 Å². The average Bonchev–Trinajstić information content (AvgIpc) is 3.26. The fourth-order valence-corrected chi connectivity index (χ4v) is 6.30. The summed E-state index contributed by atoms with van der Waals surface area (Å²) in [5.41, 5.74) is 0.328. The van der Waals surface area contributed by atoms with Gasteiger partial charge in [0.2, 0.25) is 0 Å². The zero-order valence-corrected chi connectivity index (χ0v) is 21.9. The summed E-state index contributed by atoms with van der Waals surface area (Å²) in [7, 11) is 0. The topological polar surface area (TPSA) is 154 Å². The molecule has 0 aromatic carbocycles. The molecule has 2 fully saturated rings. The highest BCUT2D eigenvalue weighted by Gasteiger charge is 2.59. The molecule has 2 aliphatic carbocycles. The summed E-state index contributed by atoms with van der Waals surface area (Å²) >= 11 is 0. The number of allylic oxidation sites excluding steroid dienone is 2. The maximum Gasteiger partial charge on any atom is 0.338 e. The van der Waals surface area contributed by atoms with Gasteiger partial charge in [-0.15, -0.1) is 0 Å². The van der Waals surface area contributed by atoms with Crippen molar-refractivity contribution < 1.29 is 48.4 Å². The fourth-order valence-electron chi connectivity index (χ4n) is 6.30. The van der Waals surface area contributed by atoms with Crippen LogP contribution < -0.4 is 0 Å². The van der Waals surface area contributed by atoms with Gasteiger partial charge in [0.1, 0.15) is 19.3 Å². The van der Waals surface area contributed by atoms with Gasteiger partial charge in [0.15, 0.2) is 0 Å². The second-order valence-corrected chi connectivity index (χ2v) is 10.8. The third-order valence-corrected chi connectivity index (χ3v) is 8.30. The van der Waals surface area contributed by atoms with Gasteiger partial charge >= 0.3 is 29.8 Å². The molecule has 3 rings (SSSR count). The molecule has 5 atom stereocenters. The number of carboxylic acids is 2. The Morgan fingerprint density at radius 1 is 1.08 bits per heavy atom. The molecule has 208 valence electrons. The van der Waals surface area contributed by atoms with Crippen LogP contribution in [0.25, 0.3) is 0 Å². The molecule has 0 saturated heterocycles. The smallest absolute Gasteiger partial charge is 0.338 e. The van der Waals surface area contributed by atoms with E-state index in [1.54, 1.807) is 12.2 Å². The minimum absolute atomic E-state index is 0.0804. The van der Waals surface area contributed by atoms with Crippen LogP contribution in [0.15, 0.2) is 36.0 Å². The van der Waals surface area contributed by atoms with E-state index in [4.69, 9.17) is 24.4 Å². The number of carboxylic acid groups (broad SMARTS) is 2. The molecule has 0 bridgehead atoms. The van der Waals surface area contributed by atoms with E-state index in [1.807, 2.05) is 13.0 Å². The van der Waals surface area contributed by atoms with E-state index in [2.05, 4.69) is 13.5 Å². The number of ether oxygens (including phenoxy) is 3. The molecule has 0 radical (unpaired) electrons. The second kappa shape index (κ2) is 12.0. The van der Waals surface area contributed by atoms with Crippen LogP contribution in [0.2, 0.25) is 0 Å². The number of carbonyl (C=O) groups excluding carboxylic acids is 3. The third-order valence-electron chi connectivity index (χ3n) is 8.30. The average molecular weight is 533 g/mol. The number of rotatable bonds is 11. The van der Waals surface area contributed by atoms with Gasteiger partial charge in [-0.05, 0) is 43.1 Å². The lowest BCUT2D eigenvalue weighted by atomic mass is 9.46. The Morgan fingerprint density at radius 2 is 1.74 bits per heavy atom. The van der Waals surface area contributed by atoms with E-state index in [0.29, 0.717) is 31.3 Å². The summed E-state index contributed by atoms with van der Waals surface area (Å²) in [6.45, 7) is 8.49. The van der Waals surface area contributed by atoms with Gasteiger partial charge in [0.25, 0.3) is 0 Å². The zero-order valence-electron chi connectivity index (χ0n) is 21.9. The van der Waals surface area contributed by atoms with Gasteiger partial charge in [0, 0.05) is 11.3 Å². The molecule has 38 heavy (non-hydrogen) atoms. The van der Waals surface area contributed by atoms with Crippen molar-refractivity contribution in [3.63, 3.8) is 0 Å². The number of carbonyl (C=O) groups is 5. The molecular formula is C28H36O10. The van der Waals surface area contributed by atoms with Crippen LogP contribution in [0.1, 0.15) is 65.2 Å². The molecule has 3 aliphatic rings. The highest BCUT2D eigenvalue weighted by atomic mass is 16.6. The summed E-state index contributed by atoms with van der Waals surface area (Å²) in [6.07, 6.45) is 6.10. The Balaban J connectivity index is 1.88. The zero-order chi connectivity index (χ0) is 28.1. The van der Waals surface area contributed by atoms with Gasteiger partial charge in [-0.2, -0.15) is 0 Å². The lowest BCUT2D eigenvalue weighted by Gasteiger charge is -2.59.